The SMILES string of the molecule is CC(C)(C)N(C(=O)O)[C@H]1CC(=O)CO[C@@H]1c1cc(F)c(F)cc1F. The van der Waals surface area contributed by atoms with Crippen molar-refractivity contribution in [2.45, 2.75) is 44.9 Å². The van der Waals surface area contributed by atoms with Gasteiger partial charge in [-0.2, -0.15) is 0 Å². The zero-order valence-electron chi connectivity index (χ0n) is 13.5. The Bertz CT molecular complexity index is 672. The van der Waals surface area contributed by atoms with Crippen molar-refractivity contribution in [2.75, 3.05) is 6.61 Å². The first-order valence-corrected chi connectivity index (χ1v) is 7.32. The normalized spacial score (nSPS) is 21.7. The smallest absolute Gasteiger partial charge is 0.408 e. The van der Waals surface area contributed by atoms with Gasteiger partial charge >= 0.3 is 6.09 Å². The van der Waals surface area contributed by atoms with Crippen molar-refractivity contribution in [1.29, 1.82) is 0 Å². The fraction of sp³-hybridized carbons (Fsp3) is 0.500. The van der Waals surface area contributed by atoms with Gasteiger partial charge in [0.15, 0.2) is 17.4 Å². The maximum atomic E-state index is 14.1. The molecule has 0 radical (unpaired) electrons. The van der Waals surface area contributed by atoms with Gasteiger partial charge in [-0.15, -0.1) is 0 Å². The average molecular weight is 345 g/mol. The van der Waals surface area contributed by atoms with Crippen LogP contribution in [0.2, 0.25) is 0 Å². The number of carbonyl (C=O) groups excluding carboxylic acids is 1. The van der Waals surface area contributed by atoms with E-state index in [-0.39, 0.29) is 24.4 Å². The highest BCUT2D eigenvalue weighted by Gasteiger charge is 2.43. The molecule has 1 aliphatic rings. The number of Topliss-reactive ketones (excluding diaryl/α,β-unsaturated/α-hetero) is 1. The van der Waals surface area contributed by atoms with Crippen LogP contribution in [0.4, 0.5) is 18.0 Å². The first kappa shape index (κ1) is 18.3. The summed E-state index contributed by atoms with van der Waals surface area (Å²) in [7, 11) is 0. The number of benzene rings is 1. The number of hydrogen-bond acceptors (Lipinski definition) is 3. The van der Waals surface area contributed by atoms with Gasteiger partial charge in [0.2, 0.25) is 0 Å². The molecule has 8 heteroatoms. The van der Waals surface area contributed by atoms with Crippen LogP contribution in [-0.4, -0.2) is 40.1 Å². The van der Waals surface area contributed by atoms with E-state index in [1.165, 1.54) is 0 Å². The van der Waals surface area contributed by atoms with Crippen LogP contribution >= 0.6 is 0 Å². The van der Waals surface area contributed by atoms with E-state index in [9.17, 15) is 27.9 Å². The molecule has 5 nitrogen and oxygen atoms in total. The van der Waals surface area contributed by atoms with Crippen molar-refractivity contribution in [2.24, 2.45) is 0 Å². The molecule has 0 saturated carbocycles. The summed E-state index contributed by atoms with van der Waals surface area (Å²) in [5.41, 5.74) is -1.23. The summed E-state index contributed by atoms with van der Waals surface area (Å²) in [6.07, 6.45) is -2.74. The summed E-state index contributed by atoms with van der Waals surface area (Å²) >= 11 is 0. The molecule has 0 aliphatic carbocycles. The molecule has 2 rings (SSSR count). The molecule has 2 atom stereocenters. The highest BCUT2D eigenvalue weighted by atomic mass is 19.2. The van der Waals surface area contributed by atoms with Gasteiger partial charge in [-0.1, -0.05) is 0 Å². The summed E-state index contributed by atoms with van der Waals surface area (Å²) < 4.78 is 46.1. The molecule has 1 aliphatic heterocycles. The van der Waals surface area contributed by atoms with Crippen LogP contribution in [0.1, 0.15) is 38.9 Å². The van der Waals surface area contributed by atoms with Crippen LogP contribution in [0.3, 0.4) is 0 Å². The third kappa shape index (κ3) is 3.53. The first-order valence-electron chi connectivity index (χ1n) is 7.32. The minimum absolute atomic E-state index is 0.202. The Balaban J connectivity index is 2.52. The Hall–Kier alpha value is -2.09. The molecule has 1 heterocycles. The fourth-order valence-electron chi connectivity index (χ4n) is 2.90. The third-order valence-electron chi connectivity index (χ3n) is 3.82. The van der Waals surface area contributed by atoms with E-state index in [0.717, 1.165) is 4.90 Å². The van der Waals surface area contributed by atoms with Crippen LogP contribution in [-0.2, 0) is 9.53 Å². The number of hydrogen-bond donors (Lipinski definition) is 1. The molecule has 0 spiro atoms. The number of carboxylic acid groups (broad SMARTS) is 1. The fourth-order valence-corrected chi connectivity index (χ4v) is 2.90. The summed E-state index contributed by atoms with van der Waals surface area (Å²) in [5, 5.41) is 9.51. The highest BCUT2D eigenvalue weighted by molar-refractivity contribution is 5.82. The zero-order valence-corrected chi connectivity index (χ0v) is 13.5. The lowest BCUT2D eigenvalue weighted by Gasteiger charge is -2.44. The van der Waals surface area contributed by atoms with Gasteiger partial charge in [-0.25, -0.2) is 18.0 Å². The monoisotopic (exact) mass is 345 g/mol. The maximum absolute atomic E-state index is 14.1. The number of ether oxygens (including phenoxy) is 1. The Kier molecular flexibility index (Phi) is 4.89. The Morgan fingerprint density at radius 3 is 2.33 bits per heavy atom. The third-order valence-corrected chi connectivity index (χ3v) is 3.82. The van der Waals surface area contributed by atoms with Gasteiger partial charge in [0, 0.05) is 23.6 Å². The van der Waals surface area contributed by atoms with Crippen LogP contribution in [0.5, 0.6) is 0 Å². The predicted octanol–water partition coefficient (Wildman–Crippen LogP) is 3.28. The molecule has 1 amide bonds. The van der Waals surface area contributed by atoms with E-state index in [2.05, 4.69) is 0 Å². The zero-order chi connectivity index (χ0) is 18.2. The van der Waals surface area contributed by atoms with Gasteiger partial charge < -0.3 is 9.84 Å². The lowest BCUT2D eigenvalue weighted by Crippen LogP contribution is -2.56. The van der Waals surface area contributed by atoms with Crippen molar-refractivity contribution in [3.63, 3.8) is 0 Å². The maximum Gasteiger partial charge on any atom is 0.408 e. The highest BCUT2D eigenvalue weighted by Crippen LogP contribution is 2.36. The lowest BCUT2D eigenvalue weighted by atomic mass is 9.90. The van der Waals surface area contributed by atoms with Gasteiger partial charge in [-0.3, -0.25) is 9.69 Å². The van der Waals surface area contributed by atoms with Crippen molar-refractivity contribution < 1.29 is 32.6 Å². The Morgan fingerprint density at radius 2 is 1.79 bits per heavy atom. The quantitative estimate of drug-likeness (QED) is 0.836. The van der Waals surface area contributed by atoms with E-state index in [4.69, 9.17) is 4.74 Å². The number of ketones is 1. The van der Waals surface area contributed by atoms with E-state index >= 15 is 0 Å². The minimum atomic E-state index is -1.36. The summed E-state index contributed by atoms with van der Waals surface area (Å²) in [6, 6.07) is -0.0343. The molecule has 1 N–H and O–H groups in total. The Morgan fingerprint density at radius 1 is 1.21 bits per heavy atom. The van der Waals surface area contributed by atoms with E-state index in [0.29, 0.717) is 12.1 Å². The molecular weight excluding hydrogens is 327 g/mol. The topological polar surface area (TPSA) is 66.8 Å². The van der Waals surface area contributed by atoms with Crippen LogP contribution in [0, 0.1) is 17.5 Å². The van der Waals surface area contributed by atoms with Crippen LogP contribution in [0.15, 0.2) is 12.1 Å². The largest absolute Gasteiger partial charge is 0.465 e. The second kappa shape index (κ2) is 6.43. The predicted molar refractivity (Wildman–Crippen MR) is 78.0 cm³/mol. The molecule has 1 fully saturated rings. The summed E-state index contributed by atoms with van der Waals surface area (Å²) in [4.78, 5) is 24.4. The number of halogens is 3. The summed E-state index contributed by atoms with van der Waals surface area (Å²) in [6.45, 7) is 4.48. The average Bonchev–Trinajstić information content (AvgIpc) is 2.41. The molecule has 1 saturated heterocycles. The number of carbonyl (C=O) groups is 2. The number of rotatable bonds is 2. The molecule has 24 heavy (non-hydrogen) atoms. The molecule has 132 valence electrons. The van der Waals surface area contributed by atoms with Gasteiger partial charge in [0.05, 0.1) is 6.04 Å². The Labute approximate surface area is 137 Å². The summed E-state index contributed by atoms with van der Waals surface area (Å²) in [5.74, 6) is -4.04. The van der Waals surface area contributed by atoms with E-state index in [1.54, 1.807) is 20.8 Å². The molecule has 0 unspecified atom stereocenters. The van der Waals surface area contributed by atoms with Gasteiger partial charge in [-0.05, 0) is 26.8 Å². The van der Waals surface area contributed by atoms with Crippen LogP contribution < -0.4 is 0 Å². The van der Waals surface area contributed by atoms with Crippen molar-refractivity contribution in [3.05, 3.63) is 35.1 Å². The molecule has 0 bridgehead atoms. The second-order valence-electron chi connectivity index (χ2n) is 6.65. The van der Waals surface area contributed by atoms with Gasteiger partial charge in [0.1, 0.15) is 18.5 Å². The van der Waals surface area contributed by atoms with Crippen molar-refractivity contribution in [1.82, 2.24) is 4.90 Å². The van der Waals surface area contributed by atoms with Crippen molar-refractivity contribution >= 4 is 11.9 Å². The minimum Gasteiger partial charge on any atom is -0.465 e. The van der Waals surface area contributed by atoms with E-state index < -0.39 is 41.2 Å². The van der Waals surface area contributed by atoms with Crippen LogP contribution in [0.25, 0.3) is 0 Å². The van der Waals surface area contributed by atoms with E-state index in [1.807, 2.05) is 0 Å². The molecular formula is C16H18F3NO4. The standard InChI is InChI=1S/C16H18F3NO4/c1-16(2,3)20(15(22)23)13-4-8(21)7-24-14(13)9-5-11(18)12(19)6-10(9)17/h5-6,13-14H,4,7H2,1-3H3,(H,22,23)/t13-,14+/m0/s1. The number of amides is 1. The van der Waals surface area contributed by atoms with Gasteiger partial charge in [0.25, 0.3) is 0 Å². The van der Waals surface area contributed by atoms with Crippen molar-refractivity contribution in [3.8, 4) is 0 Å². The first-order chi connectivity index (χ1) is 11.0. The molecule has 1 aromatic carbocycles. The number of nitrogens with zero attached hydrogens (tertiary/aromatic N) is 1. The second-order valence-corrected chi connectivity index (χ2v) is 6.65. The molecule has 1 aromatic rings. The lowest BCUT2D eigenvalue weighted by molar-refractivity contribution is -0.140. The molecule has 0 aromatic heterocycles.